The van der Waals surface area contributed by atoms with Crippen LogP contribution in [-0.4, -0.2) is 37.4 Å². The number of carbonyl (C=O) groups is 2. The zero-order valence-corrected chi connectivity index (χ0v) is 19.7. The first-order valence-electron chi connectivity index (χ1n) is 11.1. The number of methoxy groups -OCH3 is 1. The molecule has 0 aliphatic heterocycles. The van der Waals surface area contributed by atoms with Gasteiger partial charge in [-0.25, -0.2) is 9.59 Å². The van der Waals surface area contributed by atoms with Crippen LogP contribution in [0, 0.1) is 0 Å². The summed E-state index contributed by atoms with van der Waals surface area (Å²) in [7, 11) is 1.65. The molecule has 2 aromatic rings. The largest absolute Gasteiger partial charge is 0.478 e. The van der Waals surface area contributed by atoms with E-state index in [0.717, 1.165) is 18.5 Å². The van der Waals surface area contributed by atoms with E-state index in [2.05, 4.69) is 45.1 Å². The molecule has 0 aromatic heterocycles. The van der Waals surface area contributed by atoms with Gasteiger partial charge in [0, 0.05) is 31.6 Å². The van der Waals surface area contributed by atoms with Crippen molar-refractivity contribution in [1.82, 2.24) is 0 Å². The molecule has 32 heavy (non-hydrogen) atoms. The summed E-state index contributed by atoms with van der Waals surface area (Å²) in [6, 6.07) is 12.3. The Balaban J connectivity index is 1.91. The van der Waals surface area contributed by atoms with Gasteiger partial charge in [0.1, 0.15) is 0 Å². The van der Waals surface area contributed by atoms with Crippen molar-refractivity contribution in [3.63, 3.8) is 0 Å². The van der Waals surface area contributed by atoms with Crippen molar-refractivity contribution in [3.8, 4) is 0 Å². The summed E-state index contributed by atoms with van der Waals surface area (Å²) in [5.74, 6) is -0.997. The van der Waals surface area contributed by atoms with E-state index in [-0.39, 0.29) is 22.4 Å². The van der Waals surface area contributed by atoms with Crippen LogP contribution in [0.3, 0.4) is 0 Å². The maximum atomic E-state index is 13.2. The lowest BCUT2D eigenvalue weighted by Crippen LogP contribution is -2.38. The monoisotopic (exact) mass is 438 g/mol. The van der Waals surface area contributed by atoms with Gasteiger partial charge in [0.25, 0.3) is 0 Å². The van der Waals surface area contributed by atoms with Crippen LogP contribution in [-0.2, 0) is 15.6 Å². The van der Waals surface area contributed by atoms with Crippen LogP contribution >= 0.6 is 0 Å². The second-order valence-electron chi connectivity index (χ2n) is 9.81. The molecule has 2 N–H and O–H groups in total. The van der Waals surface area contributed by atoms with Crippen molar-refractivity contribution >= 4 is 23.4 Å². The number of hydrogen-bond acceptors (Lipinski definition) is 3. The highest BCUT2D eigenvalue weighted by Gasteiger charge is 2.37. The van der Waals surface area contributed by atoms with Gasteiger partial charge >= 0.3 is 12.0 Å². The average molecular weight is 439 g/mol. The lowest BCUT2D eigenvalue weighted by atomic mass is 9.63. The number of nitrogens with one attached hydrogen (secondary N) is 1. The fourth-order valence-corrected chi connectivity index (χ4v) is 4.35. The van der Waals surface area contributed by atoms with Crippen molar-refractivity contribution in [2.45, 2.75) is 57.8 Å². The summed E-state index contributed by atoms with van der Waals surface area (Å²) in [6.45, 7) is 10.2. The maximum Gasteiger partial charge on any atom is 0.335 e. The highest BCUT2D eigenvalue weighted by molar-refractivity contribution is 6.02. The quantitative estimate of drug-likeness (QED) is 0.535. The van der Waals surface area contributed by atoms with Crippen LogP contribution in [0.5, 0.6) is 0 Å². The number of rotatable bonds is 7. The Morgan fingerprint density at radius 3 is 2.22 bits per heavy atom. The molecule has 1 aliphatic carbocycles. The number of carbonyl (C=O) groups excluding carboxylic acids is 1. The van der Waals surface area contributed by atoms with Gasteiger partial charge in [0.05, 0.1) is 5.56 Å². The van der Waals surface area contributed by atoms with E-state index in [4.69, 9.17) is 9.84 Å². The molecule has 0 saturated heterocycles. The Kier molecular flexibility index (Phi) is 6.94. The van der Waals surface area contributed by atoms with Gasteiger partial charge in [-0.05, 0) is 77.6 Å². The number of nitrogens with zero attached hydrogens (tertiary/aromatic N) is 1. The molecular formula is C26H34N2O4. The molecule has 2 amide bonds. The molecule has 0 unspecified atom stereocenters. The first-order valence-corrected chi connectivity index (χ1v) is 11.1. The van der Waals surface area contributed by atoms with Gasteiger partial charge in [-0.2, -0.15) is 0 Å². The van der Waals surface area contributed by atoms with E-state index in [1.165, 1.54) is 23.3 Å². The molecule has 2 aromatic carbocycles. The number of carboxylic acid groups (broad SMARTS) is 1. The summed E-state index contributed by atoms with van der Waals surface area (Å²) in [5, 5.41) is 12.0. The number of carboxylic acids is 1. The van der Waals surface area contributed by atoms with Gasteiger partial charge in [-0.3, -0.25) is 4.90 Å². The summed E-state index contributed by atoms with van der Waals surface area (Å²) < 4.78 is 5.20. The van der Waals surface area contributed by atoms with Gasteiger partial charge in [-0.1, -0.05) is 33.8 Å². The number of hydrogen-bond donors (Lipinski definition) is 2. The Morgan fingerprint density at radius 2 is 1.62 bits per heavy atom. The smallest absolute Gasteiger partial charge is 0.335 e. The summed E-state index contributed by atoms with van der Waals surface area (Å²) in [5.41, 5.74) is 4.38. The van der Waals surface area contributed by atoms with E-state index in [1.807, 2.05) is 6.07 Å². The fraction of sp³-hybridized carbons (Fsp3) is 0.462. The fourth-order valence-electron chi connectivity index (χ4n) is 4.35. The number of amides is 2. The Bertz CT molecular complexity index is 980. The Hall–Kier alpha value is -2.86. The highest BCUT2D eigenvalue weighted by atomic mass is 16.5. The van der Waals surface area contributed by atoms with Crippen LogP contribution < -0.4 is 10.2 Å². The zero-order chi connectivity index (χ0) is 23.5. The minimum Gasteiger partial charge on any atom is -0.478 e. The molecule has 1 aliphatic rings. The normalized spacial score (nSPS) is 16.2. The molecule has 0 atom stereocenters. The van der Waals surface area contributed by atoms with Gasteiger partial charge in [-0.15, -0.1) is 0 Å². The molecule has 0 spiro atoms. The molecular weight excluding hydrogens is 404 g/mol. The van der Waals surface area contributed by atoms with E-state index in [0.29, 0.717) is 25.3 Å². The van der Waals surface area contributed by atoms with Crippen LogP contribution in [0.4, 0.5) is 16.2 Å². The minimum atomic E-state index is -0.997. The minimum absolute atomic E-state index is 0.0439. The van der Waals surface area contributed by atoms with E-state index >= 15 is 0 Å². The van der Waals surface area contributed by atoms with Crippen LogP contribution in [0.25, 0.3) is 0 Å². The molecule has 0 radical (unpaired) electrons. The first kappa shape index (κ1) is 23.8. The number of anilines is 2. The van der Waals surface area contributed by atoms with Crippen molar-refractivity contribution in [2.24, 2.45) is 0 Å². The van der Waals surface area contributed by atoms with Crippen molar-refractivity contribution in [1.29, 1.82) is 0 Å². The van der Waals surface area contributed by atoms with Crippen LogP contribution in [0.2, 0.25) is 0 Å². The third-order valence-electron chi connectivity index (χ3n) is 6.51. The van der Waals surface area contributed by atoms with Crippen molar-refractivity contribution < 1.29 is 19.4 Å². The molecule has 3 rings (SSSR count). The maximum absolute atomic E-state index is 13.2. The first-order chi connectivity index (χ1) is 15.0. The van der Waals surface area contributed by atoms with Crippen LogP contribution in [0.1, 0.15) is 68.4 Å². The van der Waals surface area contributed by atoms with Gasteiger partial charge in [0.15, 0.2) is 0 Å². The number of ether oxygens (including phenoxy) is 1. The SMILES string of the molecule is COCCCN(C(=O)Nc1ccc(C(=O)O)cc1)c1ccc2c(c1)C(C)(C)CCC2(C)C. The molecule has 0 fully saturated rings. The summed E-state index contributed by atoms with van der Waals surface area (Å²) in [6.07, 6.45) is 2.94. The van der Waals surface area contributed by atoms with Crippen LogP contribution in [0.15, 0.2) is 42.5 Å². The molecule has 6 nitrogen and oxygen atoms in total. The third-order valence-corrected chi connectivity index (χ3v) is 6.51. The predicted octanol–water partition coefficient (Wildman–Crippen LogP) is 5.81. The third kappa shape index (κ3) is 5.13. The van der Waals surface area contributed by atoms with E-state index in [9.17, 15) is 9.59 Å². The highest BCUT2D eigenvalue weighted by Crippen LogP contribution is 2.46. The lowest BCUT2D eigenvalue weighted by Gasteiger charge is -2.42. The second kappa shape index (κ2) is 9.33. The zero-order valence-electron chi connectivity index (χ0n) is 19.7. The lowest BCUT2D eigenvalue weighted by molar-refractivity contribution is 0.0697. The number of aromatic carboxylic acids is 1. The average Bonchev–Trinajstić information content (AvgIpc) is 2.75. The molecule has 0 saturated carbocycles. The summed E-state index contributed by atoms with van der Waals surface area (Å²) >= 11 is 0. The summed E-state index contributed by atoms with van der Waals surface area (Å²) in [4.78, 5) is 26.1. The molecule has 0 heterocycles. The van der Waals surface area contributed by atoms with Gasteiger partial charge in [0.2, 0.25) is 0 Å². The van der Waals surface area contributed by atoms with E-state index in [1.54, 1.807) is 24.1 Å². The number of urea groups is 1. The van der Waals surface area contributed by atoms with E-state index < -0.39 is 5.97 Å². The predicted molar refractivity (Wildman–Crippen MR) is 128 cm³/mol. The topological polar surface area (TPSA) is 78.9 Å². The van der Waals surface area contributed by atoms with Crippen molar-refractivity contribution in [3.05, 3.63) is 59.2 Å². The molecule has 0 bridgehead atoms. The number of benzene rings is 2. The van der Waals surface area contributed by atoms with Crippen molar-refractivity contribution in [2.75, 3.05) is 30.5 Å². The standard InChI is InChI=1S/C26H34N2O4/c1-25(2)13-14-26(3,4)22-17-20(11-12-21(22)25)28(15-6-16-32-5)24(31)27-19-9-7-18(8-10-19)23(29)30/h7-12,17H,6,13-16H2,1-5H3,(H,27,31)(H,29,30). The number of fused-ring (bicyclic) bond motifs is 1. The molecule has 172 valence electrons. The second-order valence-corrected chi connectivity index (χ2v) is 9.81. The van der Waals surface area contributed by atoms with Gasteiger partial charge < -0.3 is 15.2 Å². The Morgan fingerprint density at radius 1 is 1.00 bits per heavy atom. The molecule has 6 heteroatoms. The Labute approximate surface area is 190 Å².